The van der Waals surface area contributed by atoms with Gasteiger partial charge in [0.2, 0.25) is 0 Å². The quantitative estimate of drug-likeness (QED) is 0.698. The van der Waals surface area contributed by atoms with E-state index in [2.05, 4.69) is 24.8 Å². The van der Waals surface area contributed by atoms with E-state index >= 15 is 0 Å². The Morgan fingerprint density at radius 3 is 2.92 bits per heavy atom. The van der Waals surface area contributed by atoms with Crippen LogP contribution in [0.4, 0.5) is 5.82 Å². The Kier molecular flexibility index (Phi) is 3.77. The molecule has 0 radical (unpaired) electrons. The van der Waals surface area contributed by atoms with Crippen LogP contribution in [0.2, 0.25) is 0 Å². The maximum Gasteiger partial charge on any atom is 0.268 e. The Balaban J connectivity index is 1.75. The number of piperidine rings is 1. The van der Waals surface area contributed by atoms with E-state index in [0.717, 1.165) is 31.7 Å². The Morgan fingerprint density at radius 1 is 1.24 bits per heavy atom. The van der Waals surface area contributed by atoms with Crippen molar-refractivity contribution in [2.45, 2.75) is 18.9 Å². The summed E-state index contributed by atoms with van der Waals surface area (Å²) in [5, 5.41) is 0. The van der Waals surface area contributed by atoms with Crippen LogP contribution in [0.3, 0.4) is 0 Å². The van der Waals surface area contributed by atoms with Crippen LogP contribution in [0.5, 0.6) is 0 Å². The largest absolute Gasteiger partial charge is 0.364 e. The van der Waals surface area contributed by atoms with Gasteiger partial charge in [-0.3, -0.25) is 9.20 Å². The molecule has 9 heteroatoms. The lowest BCUT2D eigenvalue weighted by atomic mass is 10.1. The average Bonchev–Trinajstić information content (AvgIpc) is 3.05. The summed E-state index contributed by atoms with van der Waals surface area (Å²) in [5.41, 5.74) is 12.8. The summed E-state index contributed by atoms with van der Waals surface area (Å²) in [4.78, 5) is 30.8. The minimum Gasteiger partial charge on any atom is -0.364 e. The Hall–Kier alpha value is -3.07. The smallest absolute Gasteiger partial charge is 0.268 e. The molecule has 4 heterocycles. The number of anilines is 1. The third-order valence-corrected chi connectivity index (χ3v) is 4.30. The first-order valence-corrected chi connectivity index (χ1v) is 8.08. The van der Waals surface area contributed by atoms with Gasteiger partial charge in [-0.15, -0.1) is 0 Å². The van der Waals surface area contributed by atoms with E-state index in [1.54, 1.807) is 23.0 Å². The van der Waals surface area contributed by atoms with E-state index < -0.39 is 5.91 Å². The van der Waals surface area contributed by atoms with Crippen LogP contribution in [-0.4, -0.2) is 49.4 Å². The molecule has 4 rings (SSSR count). The molecule has 3 aromatic heterocycles. The zero-order chi connectivity index (χ0) is 17.4. The fourth-order valence-electron chi connectivity index (χ4n) is 3.05. The Labute approximate surface area is 143 Å². The topological polar surface area (TPSA) is 128 Å². The number of fused-ring (bicyclic) bond motifs is 1. The zero-order valence-corrected chi connectivity index (χ0v) is 13.5. The maximum absolute atomic E-state index is 11.4. The monoisotopic (exact) mass is 338 g/mol. The summed E-state index contributed by atoms with van der Waals surface area (Å²) >= 11 is 0. The number of carbonyl (C=O) groups is 1. The molecule has 0 spiro atoms. The second-order valence-electron chi connectivity index (χ2n) is 6.10. The van der Waals surface area contributed by atoms with E-state index in [1.807, 2.05) is 6.07 Å². The first kappa shape index (κ1) is 15.5. The number of nitrogens with two attached hydrogens (primary N) is 2. The van der Waals surface area contributed by atoms with E-state index in [4.69, 9.17) is 11.5 Å². The number of imidazole rings is 1. The number of rotatable bonds is 3. The first-order chi connectivity index (χ1) is 12.1. The van der Waals surface area contributed by atoms with Crippen LogP contribution in [0.1, 0.15) is 23.3 Å². The van der Waals surface area contributed by atoms with Crippen molar-refractivity contribution < 1.29 is 4.79 Å². The van der Waals surface area contributed by atoms with Crippen LogP contribution < -0.4 is 16.4 Å². The molecule has 128 valence electrons. The van der Waals surface area contributed by atoms with E-state index in [-0.39, 0.29) is 11.7 Å². The van der Waals surface area contributed by atoms with Crippen molar-refractivity contribution >= 4 is 17.4 Å². The maximum atomic E-state index is 11.4. The van der Waals surface area contributed by atoms with Gasteiger partial charge in [0.25, 0.3) is 5.91 Å². The fraction of sp³-hybridized carbons (Fsp3) is 0.312. The minimum absolute atomic E-state index is 0.157. The number of aromatic nitrogens is 5. The van der Waals surface area contributed by atoms with Crippen LogP contribution in [0, 0.1) is 0 Å². The average molecular weight is 338 g/mol. The molecule has 3 aromatic rings. The second kappa shape index (κ2) is 6.10. The first-order valence-electron chi connectivity index (χ1n) is 8.08. The molecule has 25 heavy (non-hydrogen) atoms. The van der Waals surface area contributed by atoms with Gasteiger partial charge in [0.15, 0.2) is 11.5 Å². The summed E-state index contributed by atoms with van der Waals surface area (Å²) in [6.45, 7) is 1.70. The number of carbonyl (C=O) groups excluding carboxylic acids is 1. The zero-order valence-electron chi connectivity index (χ0n) is 13.5. The molecular weight excluding hydrogens is 320 g/mol. The lowest BCUT2D eigenvalue weighted by molar-refractivity contribution is 0.0995. The number of amides is 1. The van der Waals surface area contributed by atoms with Gasteiger partial charge < -0.3 is 16.4 Å². The lowest BCUT2D eigenvalue weighted by Crippen LogP contribution is -2.43. The van der Waals surface area contributed by atoms with Crippen molar-refractivity contribution in [3.63, 3.8) is 0 Å². The molecule has 1 fully saturated rings. The highest BCUT2D eigenvalue weighted by molar-refractivity contribution is 5.90. The third-order valence-electron chi connectivity index (χ3n) is 4.30. The fourth-order valence-corrected chi connectivity index (χ4v) is 3.05. The predicted octanol–water partition coefficient (Wildman–Crippen LogP) is 0.213. The SMILES string of the molecule is NC(=O)c1cn2c(-c3nccc(N4CCCC(N)C4)n3)cnc2cn1. The van der Waals surface area contributed by atoms with Crippen LogP contribution in [-0.2, 0) is 0 Å². The molecule has 1 aliphatic rings. The summed E-state index contributed by atoms with van der Waals surface area (Å²) in [5.74, 6) is 0.753. The van der Waals surface area contributed by atoms with Gasteiger partial charge >= 0.3 is 0 Å². The second-order valence-corrected chi connectivity index (χ2v) is 6.10. The summed E-state index contributed by atoms with van der Waals surface area (Å²) in [7, 11) is 0. The normalized spacial score (nSPS) is 17.8. The number of hydrogen-bond acceptors (Lipinski definition) is 7. The van der Waals surface area contributed by atoms with Crippen molar-refractivity contribution in [1.29, 1.82) is 0 Å². The standard InChI is InChI=1S/C16H18N8O/c17-10-2-1-5-23(8-10)13-3-4-19-16(22-13)12-6-21-14-7-20-11(15(18)25)9-24(12)14/h3-4,6-7,9-10H,1-2,5,8,17H2,(H2,18,25). The highest BCUT2D eigenvalue weighted by atomic mass is 16.1. The Morgan fingerprint density at radius 2 is 2.12 bits per heavy atom. The molecule has 0 aromatic carbocycles. The summed E-state index contributed by atoms with van der Waals surface area (Å²) in [6, 6.07) is 2.04. The Bertz CT molecular complexity index is 937. The van der Waals surface area contributed by atoms with Gasteiger partial charge in [-0.05, 0) is 18.9 Å². The van der Waals surface area contributed by atoms with Gasteiger partial charge in [0.05, 0.1) is 12.4 Å². The summed E-state index contributed by atoms with van der Waals surface area (Å²) < 4.78 is 1.72. The van der Waals surface area contributed by atoms with Crippen molar-refractivity contribution in [2.24, 2.45) is 11.5 Å². The minimum atomic E-state index is -0.599. The lowest BCUT2D eigenvalue weighted by Gasteiger charge is -2.31. The van der Waals surface area contributed by atoms with Crippen LogP contribution in [0.25, 0.3) is 17.2 Å². The van der Waals surface area contributed by atoms with Gasteiger partial charge in [0.1, 0.15) is 17.2 Å². The molecule has 0 aliphatic carbocycles. The molecule has 0 saturated carbocycles. The molecule has 9 nitrogen and oxygen atoms in total. The van der Waals surface area contributed by atoms with Crippen LogP contribution in [0.15, 0.2) is 30.9 Å². The van der Waals surface area contributed by atoms with E-state index in [0.29, 0.717) is 17.2 Å². The van der Waals surface area contributed by atoms with Crippen molar-refractivity contribution in [2.75, 3.05) is 18.0 Å². The highest BCUT2D eigenvalue weighted by Crippen LogP contribution is 2.22. The molecule has 1 atom stereocenters. The third kappa shape index (κ3) is 2.89. The van der Waals surface area contributed by atoms with E-state index in [9.17, 15) is 4.79 Å². The van der Waals surface area contributed by atoms with Crippen molar-refractivity contribution in [3.8, 4) is 11.5 Å². The number of hydrogen-bond donors (Lipinski definition) is 2. The predicted molar refractivity (Wildman–Crippen MR) is 92.0 cm³/mol. The number of primary amides is 1. The van der Waals surface area contributed by atoms with Crippen molar-refractivity contribution in [3.05, 3.63) is 36.5 Å². The molecular formula is C16H18N8O. The molecule has 1 saturated heterocycles. The van der Waals surface area contributed by atoms with Crippen LogP contribution >= 0.6 is 0 Å². The molecule has 1 amide bonds. The molecule has 0 bridgehead atoms. The van der Waals surface area contributed by atoms with Gasteiger partial charge in [0, 0.05) is 31.5 Å². The summed E-state index contributed by atoms with van der Waals surface area (Å²) in [6.07, 6.45) is 8.49. The van der Waals surface area contributed by atoms with Crippen molar-refractivity contribution in [1.82, 2.24) is 24.3 Å². The van der Waals surface area contributed by atoms with Gasteiger partial charge in [-0.1, -0.05) is 0 Å². The molecule has 1 unspecified atom stereocenters. The van der Waals surface area contributed by atoms with E-state index in [1.165, 1.54) is 6.20 Å². The van der Waals surface area contributed by atoms with Gasteiger partial charge in [-0.2, -0.15) is 0 Å². The molecule has 4 N–H and O–H groups in total. The number of nitrogens with zero attached hydrogens (tertiary/aromatic N) is 6. The van der Waals surface area contributed by atoms with Gasteiger partial charge in [-0.25, -0.2) is 19.9 Å². The highest BCUT2D eigenvalue weighted by Gasteiger charge is 2.19. The molecule has 1 aliphatic heterocycles.